The molecule has 1 N–H and O–H groups in total. The molecule has 1 aliphatic heterocycles. The number of anilines is 1. The fourth-order valence-corrected chi connectivity index (χ4v) is 3.53. The number of rotatable bonds is 6. The van der Waals surface area contributed by atoms with E-state index in [-0.39, 0.29) is 23.5 Å². The first kappa shape index (κ1) is 22.2. The number of carbonyl (C=O) groups excluding carboxylic acids is 2. The Morgan fingerprint density at radius 1 is 1.24 bits per heavy atom. The molecule has 2 aromatic heterocycles. The molecule has 8 nitrogen and oxygen atoms in total. The molecular formula is C24H23FN4O4. The van der Waals surface area contributed by atoms with E-state index in [1.165, 1.54) is 24.4 Å². The first-order chi connectivity index (χ1) is 16.0. The highest BCUT2D eigenvalue weighted by atomic mass is 19.1. The number of pyridine rings is 1. The summed E-state index contributed by atoms with van der Waals surface area (Å²) in [4.78, 5) is 30.5. The zero-order chi connectivity index (χ0) is 23.2. The summed E-state index contributed by atoms with van der Waals surface area (Å²) in [5.41, 5.74) is 0.538. The highest BCUT2D eigenvalue weighted by Crippen LogP contribution is 2.25. The number of benzene rings is 1. The largest absolute Gasteiger partial charge is 0.453 e. The Hall–Kier alpha value is -4.01. The third-order valence-electron chi connectivity index (χ3n) is 5.29. The SMILES string of the molecule is Cc1cc(NC(=O)C2CCN(C(=O)/C=C/c3ccc(Oc4cccnc4)c(F)c3)CC2)no1. The molecule has 0 aliphatic carbocycles. The second-order valence-electron chi connectivity index (χ2n) is 7.73. The number of nitrogens with one attached hydrogen (secondary N) is 1. The van der Waals surface area contributed by atoms with Gasteiger partial charge in [0.05, 0.1) is 6.20 Å². The van der Waals surface area contributed by atoms with E-state index in [1.807, 2.05) is 0 Å². The fraction of sp³-hybridized carbons (Fsp3) is 0.250. The molecular weight excluding hydrogens is 427 g/mol. The van der Waals surface area contributed by atoms with E-state index in [4.69, 9.17) is 9.26 Å². The monoisotopic (exact) mass is 450 g/mol. The number of aryl methyl sites for hydroxylation is 1. The Kier molecular flexibility index (Phi) is 6.77. The van der Waals surface area contributed by atoms with Crippen LogP contribution in [0.1, 0.15) is 24.2 Å². The van der Waals surface area contributed by atoms with Crippen LogP contribution in [0.5, 0.6) is 11.5 Å². The molecule has 1 saturated heterocycles. The second kappa shape index (κ2) is 10.1. The molecule has 0 saturated carbocycles. The van der Waals surface area contributed by atoms with Gasteiger partial charge in [0.1, 0.15) is 11.5 Å². The van der Waals surface area contributed by atoms with Crippen LogP contribution >= 0.6 is 0 Å². The lowest BCUT2D eigenvalue weighted by atomic mass is 9.96. The van der Waals surface area contributed by atoms with E-state index in [9.17, 15) is 14.0 Å². The van der Waals surface area contributed by atoms with Gasteiger partial charge in [-0.1, -0.05) is 11.2 Å². The van der Waals surface area contributed by atoms with Crippen molar-refractivity contribution in [3.63, 3.8) is 0 Å². The van der Waals surface area contributed by atoms with Crippen molar-refractivity contribution in [2.45, 2.75) is 19.8 Å². The van der Waals surface area contributed by atoms with Crippen molar-refractivity contribution < 1.29 is 23.2 Å². The molecule has 170 valence electrons. The van der Waals surface area contributed by atoms with Gasteiger partial charge in [-0.05, 0) is 55.7 Å². The Labute approximate surface area is 190 Å². The van der Waals surface area contributed by atoms with Crippen molar-refractivity contribution in [2.24, 2.45) is 5.92 Å². The molecule has 0 atom stereocenters. The topological polar surface area (TPSA) is 97.6 Å². The molecule has 3 aromatic rings. The third kappa shape index (κ3) is 5.82. The summed E-state index contributed by atoms with van der Waals surface area (Å²) in [6.45, 7) is 2.68. The molecule has 4 rings (SSSR count). The van der Waals surface area contributed by atoms with Gasteiger partial charge >= 0.3 is 0 Å². The summed E-state index contributed by atoms with van der Waals surface area (Å²) in [6, 6.07) is 9.51. The van der Waals surface area contributed by atoms with Gasteiger partial charge < -0.3 is 19.5 Å². The first-order valence-corrected chi connectivity index (χ1v) is 10.6. The number of carbonyl (C=O) groups is 2. The van der Waals surface area contributed by atoms with E-state index >= 15 is 0 Å². The molecule has 9 heteroatoms. The highest BCUT2D eigenvalue weighted by Gasteiger charge is 2.27. The van der Waals surface area contributed by atoms with E-state index in [2.05, 4.69) is 15.5 Å². The summed E-state index contributed by atoms with van der Waals surface area (Å²) in [7, 11) is 0. The van der Waals surface area contributed by atoms with Crippen molar-refractivity contribution >= 4 is 23.7 Å². The standard InChI is InChI=1S/C24H23FN4O4/c1-16-13-22(28-33-16)27-24(31)18-8-11-29(12-9-18)23(30)7-5-17-4-6-21(20(25)14-17)32-19-3-2-10-26-15-19/h2-7,10,13-15,18H,8-9,11-12H2,1H3,(H,27,28,31)/b7-5+. The molecule has 1 fully saturated rings. The Morgan fingerprint density at radius 3 is 2.73 bits per heavy atom. The lowest BCUT2D eigenvalue weighted by Gasteiger charge is -2.30. The van der Waals surface area contributed by atoms with Crippen LogP contribution in [0.4, 0.5) is 10.2 Å². The average molecular weight is 450 g/mol. The van der Waals surface area contributed by atoms with Crippen molar-refractivity contribution in [2.75, 3.05) is 18.4 Å². The van der Waals surface area contributed by atoms with Gasteiger partial charge in [-0.15, -0.1) is 0 Å². The quantitative estimate of drug-likeness (QED) is 0.566. The minimum absolute atomic E-state index is 0.0765. The summed E-state index contributed by atoms with van der Waals surface area (Å²) in [6.07, 6.45) is 7.17. The first-order valence-electron chi connectivity index (χ1n) is 10.6. The maximum absolute atomic E-state index is 14.4. The highest BCUT2D eigenvalue weighted by molar-refractivity contribution is 5.93. The minimum Gasteiger partial charge on any atom is -0.453 e. The van der Waals surface area contributed by atoms with Crippen molar-refractivity contribution in [1.29, 1.82) is 0 Å². The van der Waals surface area contributed by atoms with Crippen LogP contribution in [0.2, 0.25) is 0 Å². The van der Waals surface area contributed by atoms with Gasteiger partial charge in [0.25, 0.3) is 0 Å². The number of aromatic nitrogens is 2. The van der Waals surface area contributed by atoms with Crippen LogP contribution in [0.25, 0.3) is 6.08 Å². The number of likely N-dealkylation sites (tertiary alicyclic amines) is 1. The molecule has 0 spiro atoms. The zero-order valence-electron chi connectivity index (χ0n) is 18.0. The predicted molar refractivity (Wildman–Crippen MR) is 119 cm³/mol. The van der Waals surface area contributed by atoms with E-state index in [1.54, 1.807) is 48.4 Å². The van der Waals surface area contributed by atoms with Crippen LogP contribution < -0.4 is 10.1 Å². The van der Waals surface area contributed by atoms with E-state index in [0.29, 0.717) is 48.8 Å². The van der Waals surface area contributed by atoms with E-state index in [0.717, 1.165) is 0 Å². The molecule has 1 aliphatic rings. The average Bonchev–Trinajstić information content (AvgIpc) is 3.24. The number of nitrogens with zero attached hydrogens (tertiary/aromatic N) is 3. The van der Waals surface area contributed by atoms with Gasteiger partial charge in [-0.3, -0.25) is 14.6 Å². The lowest BCUT2D eigenvalue weighted by molar-refractivity contribution is -0.130. The number of amides is 2. The lowest BCUT2D eigenvalue weighted by Crippen LogP contribution is -2.40. The van der Waals surface area contributed by atoms with Crippen LogP contribution in [-0.4, -0.2) is 39.9 Å². The summed E-state index contributed by atoms with van der Waals surface area (Å²) < 4.78 is 24.8. The molecule has 0 unspecified atom stereocenters. The summed E-state index contributed by atoms with van der Waals surface area (Å²) >= 11 is 0. The van der Waals surface area contributed by atoms with Crippen molar-refractivity contribution in [1.82, 2.24) is 15.0 Å². The molecule has 1 aromatic carbocycles. The van der Waals surface area contributed by atoms with Crippen LogP contribution in [0, 0.1) is 18.7 Å². The zero-order valence-corrected chi connectivity index (χ0v) is 18.0. The molecule has 3 heterocycles. The maximum Gasteiger partial charge on any atom is 0.246 e. The van der Waals surface area contributed by atoms with Crippen LogP contribution in [-0.2, 0) is 9.59 Å². The van der Waals surface area contributed by atoms with Gasteiger partial charge in [0, 0.05) is 37.3 Å². The number of halogens is 1. The molecule has 0 radical (unpaired) electrons. The minimum atomic E-state index is -0.539. The summed E-state index contributed by atoms with van der Waals surface area (Å²) in [5, 5.41) is 6.50. The Bertz CT molecular complexity index is 1150. The molecule has 33 heavy (non-hydrogen) atoms. The Balaban J connectivity index is 1.28. The predicted octanol–water partition coefficient (Wildman–Crippen LogP) is 4.20. The summed E-state index contributed by atoms with van der Waals surface area (Å²) in [5.74, 6) is 0.470. The number of hydrogen-bond acceptors (Lipinski definition) is 6. The van der Waals surface area contributed by atoms with Crippen LogP contribution in [0.15, 0.2) is 59.4 Å². The normalized spacial score (nSPS) is 14.4. The molecule has 0 bridgehead atoms. The Morgan fingerprint density at radius 2 is 2.06 bits per heavy atom. The van der Waals surface area contributed by atoms with Crippen LogP contribution in [0.3, 0.4) is 0 Å². The van der Waals surface area contributed by atoms with Crippen molar-refractivity contribution in [3.05, 3.63) is 72.0 Å². The van der Waals surface area contributed by atoms with Gasteiger partial charge in [-0.25, -0.2) is 4.39 Å². The smallest absolute Gasteiger partial charge is 0.246 e. The van der Waals surface area contributed by atoms with Gasteiger partial charge in [0.15, 0.2) is 17.4 Å². The van der Waals surface area contributed by atoms with E-state index < -0.39 is 5.82 Å². The second-order valence-corrected chi connectivity index (χ2v) is 7.73. The van der Waals surface area contributed by atoms with Gasteiger partial charge in [-0.2, -0.15) is 0 Å². The van der Waals surface area contributed by atoms with Crippen molar-refractivity contribution in [3.8, 4) is 11.5 Å². The number of hydrogen-bond donors (Lipinski definition) is 1. The number of piperidine rings is 1. The number of ether oxygens (including phenoxy) is 1. The van der Waals surface area contributed by atoms with Gasteiger partial charge in [0.2, 0.25) is 11.8 Å². The third-order valence-corrected chi connectivity index (χ3v) is 5.29. The fourth-order valence-electron chi connectivity index (χ4n) is 3.53. The molecule has 2 amide bonds. The maximum atomic E-state index is 14.4.